The third kappa shape index (κ3) is 4.93. The van der Waals surface area contributed by atoms with Crippen molar-refractivity contribution in [1.29, 1.82) is 0 Å². The van der Waals surface area contributed by atoms with Crippen LogP contribution in [0.1, 0.15) is 5.69 Å². The van der Waals surface area contributed by atoms with Crippen LogP contribution >= 0.6 is 0 Å². The van der Waals surface area contributed by atoms with Crippen LogP contribution in [0.4, 0.5) is 0 Å². The zero-order chi connectivity index (χ0) is 12.7. The number of amides is 1. The van der Waals surface area contributed by atoms with Crippen molar-refractivity contribution in [2.24, 2.45) is 5.73 Å². The van der Waals surface area contributed by atoms with Gasteiger partial charge in [0.25, 0.3) is 0 Å². The van der Waals surface area contributed by atoms with Gasteiger partial charge in [-0.1, -0.05) is 6.07 Å². The molecule has 1 amide bonds. The van der Waals surface area contributed by atoms with E-state index in [-0.39, 0.29) is 12.5 Å². The number of aromatic nitrogens is 1. The number of rotatable bonds is 6. The zero-order valence-corrected chi connectivity index (χ0v) is 10.5. The molecule has 2 N–H and O–H groups in total. The van der Waals surface area contributed by atoms with Crippen molar-refractivity contribution in [3.8, 4) is 0 Å². The molecule has 0 radical (unpaired) electrons. The third-order valence-electron chi connectivity index (χ3n) is 2.42. The fraction of sp³-hybridized carbons (Fsp3) is 0.500. The number of carbonyl (C=O) groups is 1. The van der Waals surface area contributed by atoms with E-state index in [0.717, 1.165) is 12.2 Å². The molecule has 0 fully saturated rings. The molecule has 94 valence electrons. The van der Waals surface area contributed by atoms with Crippen molar-refractivity contribution < 1.29 is 4.79 Å². The van der Waals surface area contributed by atoms with Gasteiger partial charge >= 0.3 is 0 Å². The molecule has 5 nitrogen and oxygen atoms in total. The summed E-state index contributed by atoms with van der Waals surface area (Å²) in [4.78, 5) is 19.7. The van der Waals surface area contributed by atoms with Crippen LogP contribution in [0.5, 0.6) is 0 Å². The summed E-state index contributed by atoms with van der Waals surface area (Å²) in [5.74, 6) is -0.0440. The van der Waals surface area contributed by atoms with Crippen molar-refractivity contribution in [3.63, 3.8) is 0 Å². The number of hydrogen-bond acceptors (Lipinski definition) is 4. The molecule has 17 heavy (non-hydrogen) atoms. The highest BCUT2D eigenvalue weighted by Gasteiger charge is 2.12. The van der Waals surface area contributed by atoms with Crippen LogP contribution in [0, 0.1) is 0 Å². The van der Waals surface area contributed by atoms with Crippen LogP contribution in [-0.2, 0) is 11.3 Å². The Balaban J connectivity index is 2.60. The Kier molecular flexibility index (Phi) is 5.59. The molecule has 1 rings (SSSR count). The molecule has 0 atom stereocenters. The largest absolute Gasteiger partial charge is 0.334 e. The first-order valence-electron chi connectivity index (χ1n) is 5.66. The molecular weight excluding hydrogens is 216 g/mol. The summed E-state index contributed by atoms with van der Waals surface area (Å²) >= 11 is 0. The van der Waals surface area contributed by atoms with Crippen LogP contribution in [0.2, 0.25) is 0 Å². The van der Waals surface area contributed by atoms with Crippen LogP contribution in [0.15, 0.2) is 24.4 Å². The highest BCUT2D eigenvalue weighted by Crippen LogP contribution is 2.01. The summed E-state index contributed by atoms with van der Waals surface area (Å²) < 4.78 is 0. The van der Waals surface area contributed by atoms with E-state index < -0.39 is 0 Å². The number of likely N-dealkylation sites (N-methyl/N-ethyl adjacent to an activating group) is 1. The minimum absolute atomic E-state index is 0.0419. The van der Waals surface area contributed by atoms with Gasteiger partial charge in [-0.25, -0.2) is 0 Å². The van der Waals surface area contributed by atoms with Gasteiger partial charge in [-0.05, 0) is 26.2 Å². The van der Waals surface area contributed by atoms with Crippen LogP contribution in [0.25, 0.3) is 0 Å². The second-order valence-corrected chi connectivity index (χ2v) is 4.14. The van der Waals surface area contributed by atoms with Crippen molar-refractivity contribution in [3.05, 3.63) is 30.1 Å². The van der Waals surface area contributed by atoms with Crippen molar-refractivity contribution in [2.45, 2.75) is 6.54 Å². The predicted molar refractivity (Wildman–Crippen MR) is 67.3 cm³/mol. The van der Waals surface area contributed by atoms with Gasteiger partial charge in [0.1, 0.15) is 0 Å². The number of hydrogen-bond donors (Lipinski definition) is 1. The number of pyridine rings is 1. The first-order chi connectivity index (χ1) is 8.13. The Labute approximate surface area is 102 Å². The fourth-order valence-electron chi connectivity index (χ4n) is 1.43. The molecule has 0 aliphatic heterocycles. The van der Waals surface area contributed by atoms with Gasteiger partial charge in [0.2, 0.25) is 5.91 Å². The van der Waals surface area contributed by atoms with Gasteiger partial charge in [0, 0.05) is 19.3 Å². The van der Waals surface area contributed by atoms with E-state index in [1.54, 1.807) is 11.1 Å². The highest BCUT2D eigenvalue weighted by molar-refractivity contribution is 5.77. The predicted octanol–water partition coefficient (Wildman–Crippen LogP) is -0.0695. The topological polar surface area (TPSA) is 62.5 Å². The Hall–Kier alpha value is -1.46. The molecule has 5 heteroatoms. The highest BCUT2D eigenvalue weighted by atomic mass is 16.2. The normalized spacial score (nSPS) is 10.6. The van der Waals surface area contributed by atoms with Gasteiger partial charge in [-0.3, -0.25) is 9.78 Å². The monoisotopic (exact) mass is 236 g/mol. The lowest BCUT2D eigenvalue weighted by Crippen LogP contribution is -2.39. The third-order valence-corrected chi connectivity index (χ3v) is 2.42. The second kappa shape index (κ2) is 6.98. The maximum Gasteiger partial charge on any atom is 0.236 e. The van der Waals surface area contributed by atoms with Gasteiger partial charge in [0.05, 0.1) is 18.8 Å². The van der Waals surface area contributed by atoms with Crippen LogP contribution in [0.3, 0.4) is 0 Å². The fourth-order valence-corrected chi connectivity index (χ4v) is 1.43. The van der Waals surface area contributed by atoms with Crippen molar-refractivity contribution >= 4 is 5.91 Å². The molecule has 0 saturated heterocycles. The molecule has 1 heterocycles. The lowest BCUT2D eigenvalue weighted by molar-refractivity contribution is -0.130. The molecule has 0 aliphatic carbocycles. The number of carbonyl (C=O) groups excluding carboxylic acids is 1. The molecule has 0 spiro atoms. The molecule has 0 saturated carbocycles. The van der Waals surface area contributed by atoms with E-state index in [2.05, 4.69) is 4.98 Å². The molecule has 0 unspecified atom stereocenters. The SMILES string of the molecule is CN(C)CCN(Cc1ccccn1)C(=O)CN. The van der Waals surface area contributed by atoms with Crippen LogP contribution < -0.4 is 5.73 Å². The summed E-state index contributed by atoms with van der Waals surface area (Å²) in [6, 6.07) is 5.68. The summed E-state index contributed by atoms with van der Waals surface area (Å²) in [5.41, 5.74) is 6.29. The van der Waals surface area contributed by atoms with E-state index in [1.807, 2.05) is 37.2 Å². The van der Waals surface area contributed by atoms with Gasteiger partial charge in [-0.2, -0.15) is 0 Å². The number of nitrogens with zero attached hydrogens (tertiary/aromatic N) is 3. The lowest BCUT2D eigenvalue weighted by atomic mass is 10.3. The molecule has 0 aromatic carbocycles. The van der Waals surface area contributed by atoms with Crippen molar-refractivity contribution in [2.75, 3.05) is 33.7 Å². The molecule has 1 aromatic heterocycles. The van der Waals surface area contributed by atoms with Crippen molar-refractivity contribution in [1.82, 2.24) is 14.8 Å². The van der Waals surface area contributed by atoms with E-state index in [4.69, 9.17) is 5.73 Å². The lowest BCUT2D eigenvalue weighted by Gasteiger charge is -2.23. The standard InChI is InChI=1S/C12H20N4O/c1-15(2)7-8-16(12(17)9-13)10-11-5-3-4-6-14-11/h3-6H,7-10,13H2,1-2H3. The summed E-state index contributed by atoms with van der Waals surface area (Å²) in [6.45, 7) is 2.04. The van der Waals surface area contributed by atoms with E-state index >= 15 is 0 Å². The van der Waals surface area contributed by atoms with Gasteiger partial charge in [0.15, 0.2) is 0 Å². The quantitative estimate of drug-likeness (QED) is 0.751. The summed E-state index contributed by atoms with van der Waals surface area (Å²) in [5, 5.41) is 0. The minimum Gasteiger partial charge on any atom is -0.334 e. The maximum absolute atomic E-state index is 11.7. The van der Waals surface area contributed by atoms with Gasteiger partial charge < -0.3 is 15.5 Å². The Morgan fingerprint density at radius 2 is 2.12 bits per heavy atom. The molecule has 0 bridgehead atoms. The van der Waals surface area contributed by atoms with Gasteiger partial charge in [-0.15, -0.1) is 0 Å². The molecular formula is C12H20N4O. The average Bonchev–Trinajstić information content (AvgIpc) is 2.34. The van der Waals surface area contributed by atoms with E-state index in [1.165, 1.54) is 0 Å². The average molecular weight is 236 g/mol. The van der Waals surface area contributed by atoms with E-state index in [9.17, 15) is 4.79 Å². The second-order valence-electron chi connectivity index (χ2n) is 4.14. The Bertz CT molecular complexity index is 340. The Morgan fingerprint density at radius 1 is 1.35 bits per heavy atom. The Morgan fingerprint density at radius 3 is 2.65 bits per heavy atom. The maximum atomic E-state index is 11.7. The minimum atomic E-state index is -0.0440. The first-order valence-corrected chi connectivity index (χ1v) is 5.66. The summed E-state index contributed by atoms with van der Waals surface area (Å²) in [6.07, 6.45) is 1.73. The summed E-state index contributed by atoms with van der Waals surface area (Å²) in [7, 11) is 3.96. The smallest absolute Gasteiger partial charge is 0.236 e. The molecule has 1 aromatic rings. The molecule has 0 aliphatic rings. The van der Waals surface area contributed by atoms with Crippen LogP contribution in [-0.4, -0.2) is 54.4 Å². The first kappa shape index (κ1) is 13.6. The number of nitrogens with two attached hydrogens (primary N) is 1. The zero-order valence-electron chi connectivity index (χ0n) is 10.5. The van der Waals surface area contributed by atoms with E-state index in [0.29, 0.717) is 13.1 Å².